The molecule has 0 spiro atoms. The smallest absolute Gasteiger partial charge is 0.323 e. The maximum atomic E-state index is 5.51. The molecule has 0 aromatic carbocycles. The first kappa shape index (κ1) is 14.9. The van der Waals surface area contributed by atoms with Crippen LogP contribution in [0.2, 0.25) is 0 Å². The first-order chi connectivity index (χ1) is 10.2. The molecule has 0 saturated carbocycles. The van der Waals surface area contributed by atoms with Gasteiger partial charge in [0, 0.05) is 19.5 Å². The van der Waals surface area contributed by atoms with Crippen LogP contribution in [-0.2, 0) is 6.42 Å². The summed E-state index contributed by atoms with van der Waals surface area (Å²) in [5.41, 5.74) is 0. The minimum atomic E-state index is -0.00637. The Morgan fingerprint density at radius 2 is 1.95 bits per heavy atom. The van der Waals surface area contributed by atoms with Crippen molar-refractivity contribution in [3.63, 3.8) is 0 Å². The summed E-state index contributed by atoms with van der Waals surface area (Å²) in [5.74, 6) is 1.47. The Kier molecular flexibility index (Phi) is 5.24. The van der Waals surface area contributed by atoms with Crippen LogP contribution in [0.1, 0.15) is 26.7 Å². The van der Waals surface area contributed by atoms with E-state index in [0.29, 0.717) is 37.3 Å². The molecule has 0 bridgehead atoms. The fraction of sp³-hybridized carbons (Fsp3) is 0.583. The Morgan fingerprint density at radius 1 is 1.19 bits per heavy atom. The maximum Gasteiger partial charge on any atom is 0.323 e. The Bertz CT molecular complexity index is 545. The predicted octanol–water partition coefficient (Wildman–Crippen LogP) is 1.13. The van der Waals surface area contributed by atoms with E-state index >= 15 is 0 Å². The zero-order chi connectivity index (χ0) is 15.1. The molecular formula is C12H19N7O2. The van der Waals surface area contributed by atoms with Gasteiger partial charge in [0.05, 0.1) is 6.10 Å². The van der Waals surface area contributed by atoms with Crippen LogP contribution in [0.15, 0.2) is 10.9 Å². The van der Waals surface area contributed by atoms with Crippen LogP contribution >= 0.6 is 0 Å². The molecule has 9 nitrogen and oxygen atoms in total. The van der Waals surface area contributed by atoms with Crippen LogP contribution in [0, 0.1) is 0 Å². The van der Waals surface area contributed by atoms with Gasteiger partial charge in [-0.1, -0.05) is 5.16 Å². The van der Waals surface area contributed by atoms with E-state index in [1.54, 1.807) is 0 Å². The van der Waals surface area contributed by atoms with Crippen LogP contribution in [0.25, 0.3) is 0 Å². The van der Waals surface area contributed by atoms with Gasteiger partial charge < -0.3 is 19.9 Å². The molecule has 9 heteroatoms. The van der Waals surface area contributed by atoms with E-state index in [1.165, 1.54) is 6.33 Å². The molecule has 114 valence electrons. The Morgan fingerprint density at radius 3 is 2.57 bits per heavy atom. The van der Waals surface area contributed by atoms with Crippen LogP contribution in [0.3, 0.4) is 0 Å². The zero-order valence-electron chi connectivity index (χ0n) is 12.3. The molecule has 0 atom stereocenters. The summed E-state index contributed by atoms with van der Waals surface area (Å²) in [6, 6.07) is 0.288. The molecule has 2 heterocycles. The fourth-order valence-corrected chi connectivity index (χ4v) is 1.52. The molecule has 2 rings (SSSR count). The zero-order valence-corrected chi connectivity index (χ0v) is 12.3. The van der Waals surface area contributed by atoms with Crippen molar-refractivity contribution >= 4 is 11.9 Å². The van der Waals surface area contributed by atoms with Crippen LogP contribution in [-0.4, -0.2) is 44.3 Å². The van der Waals surface area contributed by atoms with Crippen molar-refractivity contribution in [2.75, 3.05) is 23.7 Å². The molecule has 0 fully saturated rings. The predicted molar refractivity (Wildman–Crippen MR) is 76.2 cm³/mol. The normalized spacial score (nSPS) is 10.7. The first-order valence-electron chi connectivity index (χ1n) is 6.83. The van der Waals surface area contributed by atoms with Crippen molar-refractivity contribution in [3.05, 3.63) is 12.2 Å². The summed E-state index contributed by atoms with van der Waals surface area (Å²) in [5, 5.41) is 9.68. The van der Waals surface area contributed by atoms with Crippen LogP contribution in [0.5, 0.6) is 6.01 Å². The van der Waals surface area contributed by atoms with E-state index in [0.717, 1.165) is 0 Å². The largest absolute Gasteiger partial charge is 0.461 e. The highest BCUT2D eigenvalue weighted by molar-refractivity contribution is 5.35. The summed E-state index contributed by atoms with van der Waals surface area (Å²) in [6.45, 7) is 7.08. The highest BCUT2D eigenvalue weighted by atomic mass is 16.5. The molecule has 21 heavy (non-hydrogen) atoms. The van der Waals surface area contributed by atoms with Crippen molar-refractivity contribution in [2.24, 2.45) is 0 Å². The molecule has 0 aliphatic heterocycles. The SMILES string of the molecule is CCNc1nc(NCCc2ncno2)nc(OC(C)C)n1. The Labute approximate surface area is 122 Å². The van der Waals surface area contributed by atoms with Crippen molar-refractivity contribution in [1.82, 2.24) is 25.1 Å². The molecule has 0 aliphatic rings. The average molecular weight is 293 g/mol. The van der Waals surface area contributed by atoms with Crippen molar-refractivity contribution in [1.29, 1.82) is 0 Å². The van der Waals surface area contributed by atoms with Gasteiger partial charge in [0.1, 0.15) is 0 Å². The van der Waals surface area contributed by atoms with Crippen LogP contribution in [0.4, 0.5) is 11.9 Å². The van der Waals surface area contributed by atoms with Gasteiger partial charge in [-0.05, 0) is 20.8 Å². The Hall–Kier alpha value is -2.45. The molecule has 0 aliphatic carbocycles. The number of ether oxygens (including phenoxy) is 1. The quantitative estimate of drug-likeness (QED) is 0.739. The summed E-state index contributed by atoms with van der Waals surface area (Å²) in [7, 11) is 0. The number of aromatic nitrogens is 5. The molecule has 0 unspecified atom stereocenters. The number of nitrogens with zero attached hydrogens (tertiary/aromatic N) is 5. The summed E-state index contributed by atoms with van der Waals surface area (Å²) in [6.07, 6.45) is 1.95. The van der Waals surface area contributed by atoms with Gasteiger partial charge in [-0.25, -0.2) is 0 Å². The van der Waals surface area contributed by atoms with Crippen molar-refractivity contribution in [2.45, 2.75) is 33.3 Å². The number of rotatable bonds is 8. The van der Waals surface area contributed by atoms with Crippen LogP contribution < -0.4 is 15.4 Å². The van der Waals surface area contributed by atoms with Gasteiger partial charge in [-0.3, -0.25) is 0 Å². The lowest BCUT2D eigenvalue weighted by atomic mass is 10.4. The lowest BCUT2D eigenvalue weighted by molar-refractivity contribution is 0.222. The number of anilines is 2. The lowest BCUT2D eigenvalue weighted by Gasteiger charge is -2.11. The minimum Gasteiger partial charge on any atom is -0.461 e. The number of hydrogen-bond donors (Lipinski definition) is 2. The molecule has 2 aromatic heterocycles. The van der Waals surface area contributed by atoms with Gasteiger partial charge >= 0.3 is 6.01 Å². The van der Waals surface area contributed by atoms with E-state index in [-0.39, 0.29) is 12.1 Å². The molecule has 0 radical (unpaired) electrons. The fourth-order valence-electron chi connectivity index (χ4n) is 1.52. The van der Waals surface area contributed by atoms with Gasteiger partial charge in [-0.2, -0.15) is 19.9 Å². The third-order valence-corrected chi connectivity index (χ3v) is 2.32. The summed E-state index contributed by atoms with van der Waals surface area (Å²) >= 11 is 0. The van der Waals surface area contributed by atoms with E-state index in [2.05, 4.69) is 35.7 Å². The minimum absolute atomic E-state index is 0.00637. The van der Waals surface area contributed by atoms with Gasteiger partial charge in [-0.15, -0.1) is 0 Å². The van der Waals surface area contributed by atoms with Crippen molar-refractivity contribution in [3.8, 4) is 6.01 Å². The standard InChI is InChI=1S/C12H19N7O2/c1-4-13-10-17-11(19-12(18-10)20-8(2)3)14-6-5-9-15-7-16-21-9/h7-8H,4-6H2,1-3H3,(H2,13,14,17,18,19). The summed E-state index contributed by atoms with van der Waals surface area (Å²) in [4.78, 5) is 16.6. The second-order valence-electron chi connectivity index (χ2n) is 4.47. The number of hydrogen-bond acceptors (Lipinski definition) is 9. The highest BCUT2D eigenvalue weighted by Gasteiger charge is 2.09. The third kappa shape index (κ3) is 4.86. The first-order valence-corrected chi connectivity index (χ1v) is 6.83. The number of nitrogens with one attached hydrogen (secondary N) is 2. The van der Waals surface area contributed by atoms with E-state index in [9.17, 15) is 0 Å². The van der Waals surface area contributed by atoms with Gasteiger partial charge in [0.25, 0.3) is 0 Å². The lowest BCUT2D eigenvalue weighted by Crippen LogP contribution is -2.15. The molecule has 2 aromatic rings. The maximum absolute atomic E-state index is 5.51. The van der Waals surface area contributed by atoms with E-state index in [1.807, 2.05) is 20.8 Å². The van der Waals surface area contributed by atoms with Gasteiger partial charge in [0.15, 0.2) is 6.33 Å². The Balaban J connectivity index is 2.00. The molecule has 0 amide bonds. The third-order valence-electron chi connectivity index (χ3n) is 2.32. The molecular weight excluding hydrogens is 274 g/mol. The second kappa shape index (κ2) is 7.36. The second-order valence-corrected chi connectivity index (χ2v) is 4.47. The highest BCUT2D eigenvalue weighted by Crippen LogP contribution is 2.12. The van der Waals surface area contributed by atoms with E-state index < -0.39 is 0 Å². The van der Waals surface area contributed by atoms with Crippen molar-refractivity contribution < 1.29 is 9.26 Å². The topological polar surface area (TPSA) is 111 Å². The van der Waals surface area contributed by atoms with E-state index in [4.69, 9.17) is 9.26 Å². The van der Waals surface area contributed by atoms with Gasteiger partial charge in [0.2, 0.25) is 17.8 Å². The monoisotopic (exact) mass is 293 g/mol. The molecule has 0 saturated heterocycles. The summed E-state index contributed by atoms with van der Waals surface area (Å²) < 4.78 is 10.4. The molecule has 2 N–H and O–H groups in total. The average Bonchev–Trinajstić information content (AvgIpc) is 2.91.